The summed E-state index contributed by atoms with van der Waals surface area (Å²) in [5, 5.41) is 14.0. The van der Waals surface area contributed by atoms with Crippen LogP contribution in [0.5, 0.6) is 0 Å². The SMILES string of the molecule is C=NC(C)(C#N)CCC(=O)Nc1ccc2ccccc2c1. The minimum Gasteiger partial charge on any atom is -0.326 e. The van der Waals surface area contributed by atoms with Crippen molar-refractivity contribution in [1.82, 2.24) is 0 Å². The van der Waals surface area contributed by atoms with Gasteiger partial charge in [-0.1, -0.05) is 30.3 Å². The van der Waals surface area contributed by atoms with Crippen molar-refractivity contribution in [1.29, 1.82) is 5.26 Å². The molecule has 0 saturated carbocycles. The summed E-state index contributed by atoms with van der Waals surface area (Å²) < 4.78 is 0. The van der Waals surface area contributed by atoms with E-state index in [9.17, 15) is 4.79 Å². The van der Waals surface area contributed by atoms with Crippen molar-refractivity contribution in [2.24, 2.45) is 4.99 Å². The predicted molar refractivity (Wildman–Crippen MR) is 85.4 cm³/mol. The second kappa shape index (κ2) is 6.19. The number of hydrogen-bond acceptors (Lipinski definition) is 3. The molecule has 2 aromatic carbocycles. The Morgan fingerprint density at radius 3 is 2.71 bits per heavy atom. The smallest absolute Gasteiger partial charge is 0.224 e. The molecule has 0 fully saturated rings. The van der Waals surface area contributed by atoms with Gasteiger partial charge in [0.05, 0.1) is 6.07 Å². The van der Waals surface area contributed by atoms with E-state index in [0.29, 0.717) is 6.42 Å². The van der Waals surface area contributed by atoms with Crippen LogP contribution in [-0.2, 0) is 4.79 Å². The summed E-state index contributed by atoms with van der Waals surface area (Å²) in [7, 11) is 0. The fraction of sp³-hybridized carbons (Fsp3) is 0.235. The predicted octanol–water partition coefficient (Wildman–Crippen LogP) is 3.54. The maximum atomic E-state index is 11.9. The Hall–Kier alpha value is -2.67. The van der Waals surface area contributed by atoms with Gasteiger partial charge >= 0.3 is 0 Å². The molecule has 0 aromatic heterocycles. The van der Waals surface area contributed by atoms with Crippen molar-refractivity contribution in [3.05, 3.63) is 42.5 Å². The Labute approximate surface area is 124 Å². The molecule has 0 aliphatic heterocycles. The monoisotopic (exact) mass is 279 g/mol. The summed E-state index contributed by atoms with van der Waals surface area (Å²) in [6.45, 7) is 5.07. The Morgan fingerprint density at radius 2 is 2.05 bits per heavy atom. The number of carbonyl (C=O) groups excluding carboxylic acids is 1. The molecule has 0 aliphatic rings. The average molecular weight is 279 g/mol. The van der Waals surface area contributed by atoms with E-state index in [1.807, 2.05) is 42.5 Å². The van der Waals surface area contributed by atoms with Gasteiger partial charge in [-0.2, -0.15) is 5.26 Å². The molecule has 1 N–H and O–H groups in total. The number of rotatable bonds is 5. The summed E-state index contributed by atoms with van der Waals surface area (Å²) in [5.74, 6) is -0.129. The highest BCUT2D eigenvalue weighted by Crippen LogP contribution is 2.20. The van der Waals surface area contributed by atoms with E-state index >= 15 is 0 Å². The van der Waals surface area contributed by atoms with Crippen molar-refractivity contribution >= 4 is 29.1 Å². The highest BCUT2D eigenvalue weighted by molar-refractivity contribution is 5.94. The van der Waals surface area contributed by atoms with Crippen LogP contribution in [-0.4, -0.2) is 18.2 Å². The molecular weight excluding hydrogens is 262 g/mol. The summed E-state index contributed by atoms with van der Waals surface area (Å²) in [6, 6.07) is 15.8. The largest absolute Gasteiger partial charge is 0.326 e. The molecule has 21 heavy (non-hydrogen) atoms. The van der Waals surface area contributed by atoms with Crippen molar-refractivity contribution in [2.45, 2.75) is 25.3 Å². The van der Waals surface area contributed by atoms with Crippen LogP contribution in [0.1, 0.15) is 19.8 Å². The highest BCUT2D eigenvalue weighted by atomic mass is 16.1. The van der Waals surface area contributed by atoms with E-state index in [4.69, 9.17) is 5.26 Å². The number of nitrogens with zero attached hydrogens (tertiary/aromatic N) is 2. The number of hydrogen-bond donors (Lipinski definition) is 1. The fourth-order valence-corrected chi connectivity index (χ4v) is 2.02. The molecule has 1 atom stereocenters. The maximum Gasteiger partial charge on any atom is 0.224 e. The zero-order chi connectivity index (χ0) is 15.3. The van der Waals surface area contributed by atoms with Crippen LogP contribution in [0.15, 0.2) is 47.5 Å². The minimum atomic E-state index is -0.902. The molecule has 4 heteroatoms. The molecule has 4 nitrogen and oxygen atoms in total. The van der Waals surface area contributed by atoms with Gasteiger partial charge in [-0.15, -0.1) is 0 Å². The molecule has 2 aromatic rings. The average Bonchev–Trinajstić information content (AvgIpc) is 2.52. The Balaban J connectivity index is 2.01. The van der Waals surface area contributed by atoms with Crippen molar-refractivity contribution < 1.29 is 4.79 Å². The van der Waals surface area contributed by atoms with E-state index in [-0.39, 0.29) is 12.3 Å². The second-order valence-electron chi connectivity index (χ2n) is 5.15. The molecule has 0 heterocycles. The molecule has 0 aliphatic carbocycles. The first-order valence-electron chi connectivity index (χ1n) is 6.74. The molecular formula is C17H17N3O. The lowest BCUT2D eigenvalue weighted by Crippen LogP contribution is -2.22. The van der Waals surface area contributed by atoms with Crippen molar-refractivity contribution in [3.63, 3.8) is 0 Å². The number of nitrogens with one attached hydrogen (secondary N) is 1. The molecule has 106 valence electrons. The first-order chi connectivity index (χ1) is 10.1. The molecule has 0 bridgehead atoms. The van der Waals surface area contributed by atoms with E-state index in [1.165, 1.54) is 0 Å². The third-order valence-corrected chi connectivity index (χ3v) is 3.46. The first-order valence-corrected chi connectivity index (χ1v) is 6.74. The van der Waals surface area contributed by atoms with Gasteiger partial charge in [-0.05, 0) is 43.0 Å². The van der Waals surface area contributed by atoms with Crippen molar-refractivity contribution in [3.8, 4) is 6.07 Å². The number of amides is 1. The molecule has 1 unspecified atom stereocenters. The van der Waals surface area contributed by atoms with Crippen LogP contribution in [0.2, 0.25) is 0 Å². The summed E-state index contributed by atoms with van der Waals surface area (Å²) in [5.41, 5.74) is -0.148. The van der Waals surface area contributed by atoms with Crippen molar-refractivity contribution in [2.75, 3.05) is 5.32 Å². The summed E-state index contributed by atoms with van der Waals surface area (Å²) in [6.07, 6.45) is 0.586. The quantitative estimate of drug-likeness (QED) is 0.851. The third kappa shape index (κ3) is 3.67. The molecule has 0 spiro atoms. The van der Waals surface area contributed by atoms with Gasteiger partial charge in [0.15, 0.2) is 0 Å². The van der Waals surface area contributed by atoms with Gasteiger partial charge in [-0.3, -0.25) is 9.79 Å². The van der Waals surface area contributed by atoms with Crippen LogP contribution in [0.3, 0.4) is 0 Å². The summed E-state index contributed by atoms with van der Waals surface area (Å²) in [4.78, 5) is 15.7. The van der Waals surface area contributed by atoms with Gasteiger partial charge < -0.3 is 5.32 Å². The van der Waals surface area contributed by atoms with Crippen LogP contribution in [0.25, 0.3) is 10.8 Å². The van der Waals surface area contributed by atoms with Gasteiger partial charge in [0.1, 0.15) is 5.54 Å². The number of carbonyl (C=O) groups is 1. The summed E-state index contributed by atoms with van der Waals surface area (Å²) >= 11 is 0. The van der Waals surface area contributed by atoms with Crippen LogP contribution in [0.4, 0.5) is 5.69 Å². The molecule has 0 saturated heterocycles. The lowest BCUT2D eigenvalue weighted by Gasteiger charge is -2.15. The zero-order valence-electron chi connectivity index (χ0n) is 12.0. The first kappa shape index (κ1) is 14.7. The number of benzene rings is 2. The van der Waals surface area contributed by atoms with Gasteiger partial charge in [0.2, 0.25) is 5.91 Å². The number of nitriles is 1. The van der Waals surface area contributed by atoms with Crippen LogP contribution >= 0.6 is 0 Å². The normalized spacial score (nSPS) is 13.1. The molecule has 2 rings (SSSR count). The molecule has 1 amide bonds. The number of anilines is 1. The Morgan fingerprint density at radius 1 is 1.33 bits per heavy atom. The standard InChI is InChI=1S/C17H17N3O/c1-17(12-18,19-2)10-9-16(21)20-15-8-7-13-5-3-4-6-14(13)11-15/h3-8,11H,2,9-10H2,1H3,(H,20,21). The maximum absolute atomic E-state index is 11.9. The van der Waals surface area contributed by atoms with Crippen LogP contribution in [0, 0.1) is 11.3 Å². The Bertz CT molecular complexity index is 717. The lowest BCUT2D eigenvalue weighted by atomic mass is 9.98. The van der Waals surface area contributed by atoms with Gasteiger partial charge in [-0.25, -0.2) is 0 Å². The lowest BCUT2D eigenvalue weighted by molar-refractivity contribution is -0.116. The Kier molecular flexibility index (Phi) is 4.34. The van der Waals surface area contributed by atoms with E-state index in [0.717, 1.165) is 16.5 Å². The van der Waals surface area contributed by atoms with E-state index < -0.39 is 5.54 Å². The van der Waals surface area contributed by atoms with Gasteiger partial charge in [0.25, 0.3) is 0 Å². The topological polar surface area (TPSA) is 65.2 Å². The zero-order valence-corrected chi connectivity index (χ0v) is 12.0. The highest BCUT2D eigenvalue weighted by Gasteiger charge is 2.22. The second-order valence-corrected chi connectivity index (χ2v) is 5.15. The third-order valence-electron chi connectivity index (χ3n) is 3.46. The van der Waals surface area contributed by atoms with Crippen LogP contribution < -0.4 is 5.32 Å². The van der Waals surface area contributed by atoms with E-state index in [2.05, 4.69) is 23.1 Å². The fourth-order valence-electron chi connectivity index (χ4n) is 2.02. The van der Waals surface area contributed by atoms with Gasteiger partial charge in [0, 0.05) is 12.1 Å². The van der Waals surface area contributed by atoms with E-state index in [1.54, 1.807) is 6.92 Å². The minimum absolute atomic E-state index is 0.129. The number of fused-ring (bicyclic) bond motifs is 1. The number of aliphatic imine (C=N–C) groups is 1. The molecule has 0 radical (unpaired) electrons.